The lowest BCUT2D eigenvalue weighted by Gasteiger charge is -2.16. The Morgan fingerprint density at radius 1 is 0.850 bits per heavy atom. The average molecular weight is 267 g/mol. The average Bonchev–Trinajstić information content (AvgIpc) is 2.42. The highest BCUT2D eigenvalue weighted by molar-refractivity contribution is 5.36. The van der Waals surface area contributed by atoms with E-state index in [9.17, 15) is 0 Å². The molecule has 0 aliphatic carbocycles. The minimum Gasteiger partial charge on any atom is -0.306 e. The number of hydrogen-bond acceptors (Lipinski definition) is 1. The van der Waals surface area contributed by atoms with Crippen molar-refractivity contribution in [2.24, 2.45) is 0 Å². The number of hydrogen-bond donors (Lipinski definition) is 1. The summed E-state index contributed by atoms with van der Waals surface area (Å²) in [6.07, 6.45) is 0. The molecule has 0 aliphatic heterocycles. The third kappa shape index (κ3) is 3.49. The molecule has 0 unspecified atom stereocenters. The summed E-state index contributed by atoms with van der Waals surface area (Å²) in [4.78, 5) is 0. The van der Waals surface area contributed by atoms with Crippen LogP contribution < -0.4 is 5.32 Å². The first-order valence-corrected chi connectivity index (χ1v) is 7.34. The van der Waals surface area contributed by atoms with Gasteiger partial charge in [0.2, 0.25) is 0 Å². The topological polar surface area (TPSA) is 12.0 Å². The molecule has 0 heterocycles. The van der Waals surface area contributed by atoms with Gasteiger partial charge in [-0.15, -0.1) is 0 Å². The number of aryl methyl sites for hydroxylation is 4. The van der Waals surface area contributed by atoms with Crippen molar-refractivity contribution in [2.45, 2.75) is 47.2 Å². The molecular weight excluding hydrogens is 242 g/mol. The molecule has 1 nitrogen and oxygen atoms in total. The molecule has 0 aliphatic rings. The van der Waals surface area contributed by atoms with E-state index >= 15 is 0 Å². The third-order valence-corrected chi connectivity index (χ3v) is 4.13. The first kappa shape index (κ1) is 14.8. The maximum atomic E-state index is 3.62. The molecule has 0 bridgehead atoms. The SMILES string of the molecule is Cc1ccc([C@@H](C)NCc2cc(C)c(C)cc2C)cc1. The highest BCUT2D eigenvalue weighted by atomic mass is 14.9. The number of nitrogens with one attached hydrogen (secondary N) is 1. The molecule has 0 saturated heterocycles. The zero-order valence-corrected chi connectivity index (χ0v) is 13.2. The van der Waals surface area contributed by atoms with Crippen LogP contribution in [0.3, 0.4) is 0 Å². The van der Waals surface area contributed by atoms with Gasteiger partial charge in [0.1, 0.15) is 0 Å². The van der Waals surface area contributed by atoms with Crippen LogP contribution in [-0.2, 0) is 6.54 Å². The van der Waals surface area contributed by atoms with Crippen LogP contribution in [0.2, 0.25) is 0 Å². The van der Waals surface area contributed by atoms with Crippen LogP contribution in [0.1, 0.15) is 46.3 Å². The lowest BCUT2D eigenvalue weighted by Crippen LogP contribution is -2.18. The third-order valence-electron chi connectivity index (χ3n) is 4.13. The standard InChI is InChI=1S/C19H25N/c1-13-6-8-18(9-7-13)17(5)20-12-19-11-15(3)14(2)10-16(19)4/h6-11,17,20H,12H2,1-5H3/t17-/m1/s1. The fourth-order valence-electron chi connectivity index (χ4n) is 2.45. The van der Waals surface area contributed by atoms with E-state index in [2.05, 4.69) is 76.3 Å². The van der Waals surface area contributed by atoms with Crippen molar-refractivity contribution < 1.29 is 0 Å². The van der Waals surface area contributed by atoms with E-state index in [1.165, 1.54) is 33.4 Å². The van der Waals surface area contributed by atoms with E-state index in [0.717, 1.165) is 6.54 Å². The fourth-order valence-corrected chi connectivity index (χ4v) is 2.45. The minimum absolute atomic E-state index is 0.372. The summed E-state index contributed by atoms with van der Waals surface area (Å²) in [6.45, 7) is 11.8. The largest absolute Gasteiger partial charge is 0.306 e. The predicted molar refractivity (Wildman–Crippen MR) is 87.1 cm³/mol. The van der Waals surface area contributed by atoms with Gasteiger partial charge in [-0.2, -0.15) is 0 Å². The highest BCUT2D eigenvalue weighted by Gasteiger charge is 2.06. The van der Waals surface area contributed by atoms with Crippen LogP contribution in [0.4, 0.5) is 0 Å². The van der Waals surface area contributed by atoms with E-state index in [-0.39, 0.29) is 0 Å². The first-order valence-electron chi connectivity index (χ1n) is 7.34. The Labute approximate surface area is 123 Å². The monoisotopic (exact) mass is 267 g/mol. The molecule has 0 spiro atoms. The Hall–Kier alpha value is -1.60. The summed E-state index contributed by atoms with van der Waals surface area (Å²) in [6, 6.07) is 13.7. The van der Waals surface area contributed by atoms with Crippen LogP contribution in [0.15, 0.2) is 36.4 Å². The normalized spacial score (nSPS) is 12.4. The van der Waals surface area contributed by atoms with E-state index in [1.54, 1.807) is 0 Å². The van der Waals surface area contributed by atoms with Crippen LogP contribution in [0, 0.1) is 27.7 Å². The van der Waals surface area contributed by atoms with E-state index < -0.39 is 0 Å². The van der Waals surface area contributed by atoms with Crippen LogP contribution >= 0.6 is 0 Å². The second-order valence-electron chi connectivity index (χ2n) is 5.88. The molecule has 1 heteroatoms. The maximum Gasteiger partial charge on any atom is 0.0294 e. The Balaban J connectivity index is 2.05. The molecule has 0 radical (unpaired) electrons. The number of benzene rings is 2. The van der Waals surface area contributed by atoms with Gasteiger partial charge in [-0.3, -0.25) is 0 Å². The summed E-state index contributed by atoms with van der Waals surface area (Å²) in [5.41, 5.74) is 8.17. The van der Waals surface area contributed by atoms with Gasteiger partial charge in [0.15, 0.2) is 0 Å². The van der Waals surface area contributed by atoms with Crippen LogP contribution in [0.25, 0.3) is 0 Å². The van der Waals surface area contributed by atoms with Crippen molar-refractivity contribution >= 4 is 0 Å². The van der Waals surface area contributed by atoms with E-state index in [4.69, 9.17) is 0 Å². The van der Waals surface area contributed by atoms with Crippen molar-refractivity contribution in [1.82, 2.24) is 5.32 Å². The smallest absolute Gasteiger partial charge is 0.0294 e. The zero-order valence-electron chi connectivity index (χ0n) is 13.2. The molecule has 2 aromatic rings. The number of rotatable bonds is 4. The molecule has 0 fully saturated rings. The first-order chi connectivity index (χ1) is 9.47. The van der Waals surface area contributed by atoms with Crippen molar-refractivity contribution in [3.8, 4) is 0 Å². The molecule has 1 atom stereocenters. The lowest BCUT2D eigenvalue weighted by atomic mass is 10.00. The highest BCUT2D eigenvalue weighted by Crippen LogP contribution is 2.18. The summed E-state index contributed by atoms with van der Waals surface area (Å²) in [5.74, 6) is 0. The van der Waals surface area contributed by atoms with Gasteiger partial charge >= 0.3 is 0 Å². The summed E-state index contributed by atoms with van der Waals surface area (Å²) >= 11 is 0. The Kier molecular flexibility index (Phi) is 4.61. The van der Waals surface area contributed by atoms with Crippen LogP contribution in [0.5, 0.6) is 0 Å². The van der Waals surface area contributed by atoms with Gasteiger partial charge in [-0.25, -0.2) is 0 Å². The molecule has 106 valence electrons. The van der Waals surface area contributed by atoms with Gasteiger partial charge in [0.05, 0.1) is 0 Å². The molecule has 0 saturated carbocycles. The molecule has 2 rings (SSSR count). The Morgan fingerprint density at radius 2 is 1.45 bits per heavy atom. The van der Waals surface area contributed by atoms with Crippen molar-refractivity contribution in [2.75, 3.05) is 0 Å². The van der Waals surface area contributed by atoms with Crippen molar-refractivity contribution in [1.29, 1.82) is 0 Å². The maximum absolute atomic E-state index is 3.62. The van der Waals surface area contributed by atoms with E-state index in [0.29, 0.717) is 6.04 Å². The molecule has 20 heavy (non-hydrogen) atoms. The van der Waals surface area contributed by atoms with Gasteiger partial charge in [-0.05, 0) is 62.4 Å². The molecule has 0 amide bonds. The van der Waals surface area contributed by atoms with Gasteiger partial charge in [0.25, 0.3) is 0 Å². The second-order valence-corrected chi connectivity index (χ2v) is 5.88. The molecule has 0 aromatic heterocycles. The van der Waals surface area contributed by atoms with Gasteiger partial charge in [-0.1, -0.05) is 42.0 Å². The molecule has 1 N–H and O–H groups in total. The molecular formula is C19H25N. The Morgan fingerprint density at radius 3 is 2.10 bits per heavy atom. The summed E-state index contributed by atoms with van der Waals surface area (Å²) < 4.78 is 0. The summed E-state index contributed by atoms with van der Waals surface area (Å²) in [7, 11) is 0. The minimum atomic E-state index is 0.372. The van der Waals surface area contributed by atoms with Gasteiger partial charge in [0, 0.05) is 12.6 Å². The predicted octanol–water partition coefficient (Wildman–Crippen LogP) is 4.77. The van der Waals surface area contributed by atoms with Crippen LogP contribution in [-0.4, -0.2) is 0 Å². The van der Waals surface area contributed by atoms with Crippen molar-refractivity contribution in [3.63, 3.8) is 0 Å². The van der Waals surface area contributed by atoms with Gasteiger partial charge < -0.3 is 5.32 Å². The fraction of sp³-hybridized carbons (Fsp3) is 0.368. The Bertz CT molecular complexity index is 581. The molecule has 2 aromatic carbocycles. The second kappa shape index (κ2) is 6.23. The lowest BCUT2D eigenvalue weighted by molar-refractivity contribution is 0.573. The zero-order chi connectivity index (χ0) is 14.7. The van der Waals surface area contributed by atoms with E-state index in [1.807, 2.05) is 0 Å². The quantitative estimate of drug-likeness (QED) is 0.841. The summed E-state index contributed by atoms with van der Waals surface area (Å²) in [5, 5.41) is 3.62. The van der Waals surface area contributed by atoms with Crippen molar-refractivity contribution in [3.05, 3.63) is 69.8 Å².